The van der Waals surface area contributed by atoms with E-state index in [1.165, 1.54) is 12.1 Å². The molecule has 3 N–H and O–H groups in total. The Balaban J connectivity index is 0.00000144. The van der Waals surface area contributed by atoms with Gasteiger partial charge < -0.3 is 15.8 Å². The number of hydrogen-bond donors (Lipinski definition) is 2. The fourth-order valence-corrected chi connectivity index (χ4v) is 2.79. The summed E-state index contributed by atoms with van der Waals surface area (Å²) in [6, 6.07) is 6.49. The van der Waals surface area contributed by atoms with E-state index in [4.69, 9.17) is 10.5 Å². The Morgan fingerprint density at radius 1 is 1.33 bits per heavy atom. The quantitative estimate of drug-likeness (QED) is 0.815. The van der Waals surface area contributed by atoms with Gasteiger partial charge in [0.25, 0.3) is 0 Å². The number of hydrogen-bond acceptors (Lipinski definition) is 4. The molecule has 1 aromatic rings. The molecule has 0 bridgehead atoms. The molecule has 8 heteroatoms. The number of morpholine rings is 1. The zero-order valence-corrected chi connectivity index (χ0v) is 15.0. The van der Waals surface area contributed by atoms with Crippen molar-refractivity contribution >= 4 is 30.7 Å². The molecule has 1 saturated heterocycles. The lowest BCUT2D eigenvalue weighted by Crippen LogP contribution is -2.48. The first kappa shape index (κ1) is 21.1. The molecular weight excluding hydrogens is 356 g/mol. The van der Waals surface area contributed by atoms with Crippen LogP contribution in [0.5, 0.6) is 0 Å². The van der Waals surface area contributed by atoms with Crippen LogP contribution in [0.15, 0.2) is 24.3 Å². The van der Waals surface area contributed by atoms with Crippen molar-refractivity contribution in [3.8, 4) is 0 Å². The van der Waals surface area contributed by atoms with Crippen molar-refractivity contribution in [1.29, 1.82) is 0 Å². The Labute approximate surface area is 153 Å². The van der Waals surface area contributed by atoms with E-state index in [2.05, 4.69) is 10.2 Å². The van der Waals surface area contributed by atoms with Gasteiger partial charge in [-0.1, -0.05) is 12.1 Å². The van der Waals surface area contributed by atoms with Gasteiger partial charge in [-0.25, -0.2) is 4.39 Å². The van der Waals surface area contributed by atoms with Crippen molar-refractivity contribution < 1.29 is 13.9 Å². The molecule has 1 amide bonds. The first-order valence-corrected chi connectivity index (χ1v) is 7.73. The van der Waals surface area contributed by atoms with Gasteiger partial charge in [0, 0.05) is 19.6 Å². The number of nitrogens with zero attached hydrogens (tertiary/aromatic N) is 1. The van der Waals surface area contributed by atoms with E-state index < -0.39 is 5.54 Å². The largest absolute Gasteiger partial charge is 0.379 e. The fourth-order valence-electron chi connectivity index (χ4n) is 2.79. The molecule has 1 unspecified atom stereocenters. The Morgan fingerprint density at radius 3 is 2.58 bits per heavy atom. The predicted molar refractivity (Wildman–Crippen MR) is 95.2 cm³/mol. The number of nitrogens with two attached hydrogens (primary N) is 1. The van der Waals surface area contributed by atoms with Gasteiger partial charge in [0.1, 0.15) is 5.82 Å². The van der Waals surface area contributed by atoms with Crippen LogP contribution >= 0.6 is 24.8 Å². The monoisotopic (exact) mass is 379 g/mol. The van der Waals surface area contributed by atoms with Crippen LogP contribution in [0, 0.1) is 5.82 Å². The maximum Gasteiger partial charge on any atom is 0.240 e. The molecule has 5 nitrogen and oxygen atoms in total. The number of amides is 1. The van der Waals surface area contributed by atoms with E-state index in [0.29, 0.717) is 19.8 Å². The molecule has 24 heavy (non-hydrogen) atoms. The molecule has 0 aromatic heterocycles. The van der Waals surface area contributed by atoms with Gasteiger partial charge in [-0.2, -0.15) is 0 Å². The van der Waals surface area contributed by atoms with Gasteiger partial charge in [0.15, 0.2) is 0 Å². The highest BCUT2D eigenvalue weighted by atomic mass is 35.5. The van der Waals surface area contributed by atoms with Crippen LogP contribution in [-0.2, 0) is 9.53 Å². The molecule has 1 saturated carbocycles. The summed E-state index contributed by atoms with van der Waals surface area (Å²) in [7, 11) is 0. The Kier molecular flexibility index (Phi) is 7.89. The van der Waals surface area contributed by atoms with E-state index in [0.717, 1.165) is 31.5 Å². The van der Waals surface area contributed by atoms with E-state index in [1.807, 2.05) is 6.07 Å². The first-order chi connectivity index (χ1) is 10.6. The third kappa shape index (κ3) is 5.04. The third-order valence-electron chi connectivity index (χ3n) is 4.42. The SMILES string of the molecule is Cl.Cl.NC1(C(=O)NCC(c2cccc(F)c2)N2CCOCC2)CC1. The number of nitrogens with one attached hydrogen (secondary N) is 1. The van der Waals surface area contributed by atoms with Crippen LogP contribution in [0.4, 0.5) is 4.39 Å². The van der Waals surface area contributed by atoms with Gasteiger partial charge in [-0.15, -0.1) is 24.8 Å². The number of carbonyl (C=O) groups excluding carboxylic acids is 1. The summed E-state index contributed by atoms with van der Waals surface area (Å²) in [5, 5.41) is 2.93. The lowest BCUT2D eigenvalue weighted by Gasteiger charge is -2.35. The molecule has 0 radical (unpaired) electrons. The van der Waals surface area contributed by atoms with Crippen molar-refractivity contribution in [2.45, 2.75) is 24.4 Å². The molecule has 1 heterocycles. The second kappa shape index (κ2) is 8.97. The van der Waals surface area contributed by atoms with Crippen LogP contribution in [0.1, 0.15) is 24.4 Å². The molecule has 2 aliphatic rings. The Bertz CT molecular complexity index is 552. The maximum atomic E-state index is 13.5. The molecule has 136 valence electrons. The Morgan fingerprint density at radius 2 is 2.00 bits per heavy atom. The summed E-state index contributed by atoms with van der Waals surface area (Å²) in [6.07, 6.45) is 1.47. The Hall–Kier alpha value is -0.920. The molecule has 1 aromatic carbocycles. The highest BCUT2D eigenvalue weighted by molar-refractivity contribution is 5.89. The van der Waals surface area contributed by atoms with Gasteiger partial charge >= 0.3 is 0 Å². The van der Waals surface area contributed by atoms with Crippen LogP contribution in [0.25, 0.3) is 0 Å². The number of benzene rings is 1. The number of rotatable bonds is 5. The van der Waals surface area contributed by atoms with Crippen molar-refractivity contribution in [1.82, 2.24) is 10.2 Å². The van der Waals surface area contributed by atoms with Crippen LogP contribution < -0.4 is 11.1 Å². The number of ether oxygens (including phenoxy) is 1. The normalized spacial score (nSPS) is 20.2. The van der Waals surface area contributed by atoms with Crippen LogP contribution in [-0.4, -0.2) is 49.2 Å². The molecule has 2 fully saturated rings. The standard InChI is InChI=1S/C16H22FN3O2.2ClH/c17-13-3-1-2-12(10-13)14(20-6-8-22-9-7-20)11-19-15(21)16(18)4-5-16;;/h1-3,10,14H,4-9,11,18H2,(H,19,21);2*1H. The second-order valence-electron chi connectivity index (χ2n) is 6.09. The van der Waals surface area contributed by atoms with Crippen molar-refractivity contribution in [2.24, 2.45) is 5.73 Å². The van der Waals surface area contributed by atoms with E-state index >= 15 is 0 Å². The summed E-state index contributed by atoms with van der Waals surface area (Å²) in [5.74, 6) is -0.373. The topological polar surface area (TPSA) is 67.6 Å². The number of carbonyl (C=O) groups is 1. The molecule has 1 atom stereocenters. The average molecular weight is 380 g/mol. The average Bonchev–Trinajstić information content (AvgIpc) is 3.28. The minimum absolute atomic E-state index is 0. The van der Waals surface area contributed by atoms with E-state index in [9.17, 15) is 9.18 Å². The minimum atomic E-state index is -0.683. The highest BCUT2D eigenvalue weighted by Gasteiger charge is 2.46. The summed E-state index contributed by atoms with van der Waals surface area (Å²) in [4.78, 5) is 14.3. The summed E-state index contributed by atoms with van der Waals surface area (Å²) in [6.45, 7) is 3.28. The van der Waals surface area contributed by atoms with Crippen molar-refractivity contribution in [2.75, 3.05) is 32.8 Å². The predicted octanol–water partition coefficient (Wildman–Crippen LogP) is 1.65. The summed E-state index contributed by atoms with van der Waals surface area (Å²) < 4.78 is 18.9. The second-order valence-corrected chi connectivity index (χ2v) is 6.09. The summed E-state index contributed by atoms with van der Waals surface area (Å²) >= 11 is 0. The van der Waals surface area contributed by atoms with E-state index in [-0.39, 0.29) is 42.6 Å². The number of halogens is 3. The van der Waals surface area contributed by atoms with Gasteiger partial charge in [0.2, 0.25) is 5.91 Å². The smallest absolute Gasteiger partial charge is 0.240 e. The molecule has 0 spiro atoms. The van der Waals surface area contributed by atoms with Gasteiger partial charge in [0.05, 0.1) is 24.8 Å². The van der Waals surface area contributed by atoms with E-state index in [1.54, 1.807) is 6.07 Å². The lowest BCUT2D eigenvalue weighted by atomic mass is 10.0. The zero-order valence-electron chi connectivity index (χ0n) is 13.4. The molecule has 3 rings (SSSR count). The zero-order chi connectivity index (χ0) is 15.6. The van der Waals surface area contributed by atoms with Crippen molar-refractivity contribution in [3.63, 3.8) is 0 Å². The maximum absolute atomic E-state index is 13.5. The van der Waals surface area contributed by atoms with Crippen LogP contribution in [0.3, 0.4) is 0 Å². The minimum Gasteiger partial charge on any atom is -0.379 e. The van der Waals surface area contributed by atoms with Crippen LogP contribution in [0.2, 0.25) is 0 Å². The molecule has 1 aliphatic heterocycles. The first-order valence-electron chi connectivity index (χ1n) is 7.73. The molecule has 1 aliphatic carbocycles. The fraction of sp³-hybridized carbons (Fsp3) is 0.562. The van der Waals surface area contributed by atoms with Crippen molar-refractivity contribution in [3.05, 3.63) is 35.6 Å². The molecular formula is C16H24Cl2FN3O2. The lowest BCUT2D eigenvalue weighted by molar-refractivity contribution is -0.123. The van der Waals surface area contributed by atoms with Gasteiger partial charge in [-0.3, -0.25) is 9.69 Å². The van der Waals surface area contributed by atoms with Gasteiger partial charge in [-0.05, 0) is 30.5 Å². The summed E-state index contributed by atoms with van der Waals surface area (Å²) in [5.41, 5.74) is 6.09. The third-order valence-corrected chi connectivity index (χ3v) is 4.42. The highest BCUT2D eigenvalue weighted by Crippen LogP contribution is 2.32.